The first kappa shape index (κ1) is 13.7. The van der Waals surface area contributed by atoms with Crippen LogP contribution in [0.2, 0.25) is 0 Å². The minimum atomic E-state index is -0.314. The standard InChI is InChI=1S/C14H18FN3O/c1-4-11(9(3)16)14-17-13(18-19-14)12-7-10(15)6-5-8(12)2/h5-7,9,11H,4,16H2,1-3H3. The van der Waals surface area contributed by atoms with Gasteiger partial charge >= 0.3 is 0 Å². The molecule has 2 N–H and O–H groups in total. The quantitative estimate of drug-likeness (QED) is 0.920. The van der Waals surface area contributed by atoms with E-state index in [0.717, 1.165) is 12.0 Å². The van der Waals surface area contributed by atoms with Crippen LogP contribution in [-0.4, -0.2) is 16.2 Å². The van der Waals surface area contributed by atoms with Gasteiger partial charge in [0.2, 0.25) is 11.7 Å². The fourth-order valence-electron chi connectivity index (χ4n) is 2.10. The van der Waals surface area contributed by atoms with Gasteiger partial charge in [-0.2, -0.15) is 4.98 Å². The zero-order valence-electron chi connectivity index (χ0n) is 11.4. The predicted octanol–water partition coefficient (Wildman–Crippen LogP) is 3.02. The first-order valence-corrected chi connectivity index (χ1v) is 6.38. The van der Waals surface area contributed by atoms with E-state index >= 15 is 0 Å². The van der Waals surface area contributed by atoms with Gasteiger partial charge in [-0.05, 0) is 38.0 Å². The lowest BCUT2D eigenvalue weighted by atomic mass is 9.99. The van der Waals surface area contributed by atoms with E-state index in [1.807, 2.05) is 20.8 Å². The second-order valence-corrected chi connectivity index (χ2v) is 4.79. The maximum Gasteiger partial charge on any atom is 0.231 e. The molecule has 4 nitrogen and oxygen atoms in total. The fraction of sp³-hybridized carbons (Fsp3) is 0.429. The molecule has 0 saturated heterocycles. The third-order valence-corrected chi connectivity index (χ3v) is 3.27. The van der Waals surface area contributed by atoms with Crippen LogP contribution in [0.5, 0.6) is 0 Å². The van der Waals surface area contributed by atoms with Crippen molar-refractivity contribution < 1.29 is 8.91 Å². The van der Waals surface area contributed by atoms with Crippen LogP contribution in [0.3, 0.4) is 0 Å². The molecular weight excluding hydrogens is 245 g/mol. The Kier molecular flexibility index (Phi) is 3.95. The molecule has 0 saturated carbocycles. The fourth-order valence-corrected chi connectivity index (χ4v) is 2.10. The Labute approximate surface area is 111 Å². The molecule has 0 bridgehead atoms. The monoisotopic (exact) mass is 263 g/mol. The summed E-state index contributed by atoms with van der Waals surface area (Å²) in [7, 11) is 0. The number of hydrogen-bond donors (Lipinski definition) is 1. The number of rotatable bonds is 4. The molecule has 19 heavy (non-hydrogen) atoms. The minimum absolute atomic E-state index is 0.0233. The molecule has 5 heteroatoms. The summed E-state index contributed by atoms with van der Waals surface area (Å²) < 4.78 is 18.6. The van der Waals surface area contributed by atoms with E-state index in [2.05, 4.69) is 10.1 Å². The van der Waals surface area contributed by atoms with Crippen LogP contribution < -0.4 is 5.73 Å². The van der Waals surface area contributed by atoms with E-state index in [4.69, 9.17) is 10.3 Å². The van der Waals surface area contributed by atoms with Gasteiger partial charge < -0.3 is 10.3 Å². The first-order chi connectivity index (χ1) is 9.02. The number of hydrogen-bond acceptors (Lipinski definition) is 4. The van der Waals surface area contributed by atoms with Gasteiger partial charge in [-0.1, -0.05) is 18.1 Å². The van der Waals surface area contributed by atoms with Crippen molar-refractivity contribution >= 4 is 0 Å². The molecule has 0 radical (unpaired) electrons. The smallest absolute Gasteiger partial charge is 0.231 e. The molecule has 2 rings (SSSR count). The molecule has 2 aromatic rings. The van der Waals surface area contributed by atoms with Gasteiger partial charge in [0, 0.05) is 11.6 Å². The van der Waals surface area contributed by atoms with E-state index in [0.29, 0.717) is 17.3 Å². The normalized spacial score (nSPS) is 14.4. The third-order valence-electron chi connectivity index (χ3n) is 3.27. The van der Waals surface area contributed by atoms with Gasteiger partial charge in [0.1, 0.15) is 5.82 Å². The van der Waals surface area contributed by atoms with E-state index < -0.39 is 0 Å². The summed E-state index contributed by atoms with van der Waals surface area (Å²) in [5.74, 6) is 0.628. The van der Waals surface area contributed by atoms with Crippen molar-refractivity contribution in [2.75, 3.05) is 0 Å². The zero-order chi connectivity index (χ0) is 14.0. The first-order valence-electron chi connectivity index (χ1n) is 6.38. The van der Waals surface area contributed by atoms with Crippen molar-refractivity contribution in [2.24, 2.45) is 5.73 Å². The Morgan fingerprint density at radius 1 is 1.42 bits per heavy atom. The molecule has 0 aliphatic rings. The highest BCUT2D eigenvalue weighted by Crippen LogP contribution is 2.26. The lowest BCUT2D eigenvalue weighted by Crippen LogP contribution is -2.24. The molecule has 0 fully saturated rings. The Balaban J connectivity index is 2.38. The van der Waals surface area contributed by atoms with Crippen LogP contribution in [0, 0.1) is 12.7 Å². The Hall–Kier alpha value is -1.75. The summed E-state index contributed by atoms with van der Waals surface area (Å²) in [5, 5.41) is 3.93. The molecule has 0 aliphatic heterocycles. The maximum atomic E-state index is 13.3. The molecule has 1 heterocycles. The maximum absolute atomic E-state index is 13.3. The van der Waals surface area contributed by atoms with E-state index in [-0.39, 0.29) is 17.8 Å². The molecule has 102 valence electrons. The van der Waals surface area contributed by atoms with Crippen LogP contribution in [0.1, 0.15) is 37.6 Å². The lowest BCUT2D eigenvalue weighted by Gasteiger charge is -2.13. The van der Waals surface area contributed by atoms with Gasteiger partial charge in [0.05, 0.1) is 5.92 Å². The number of aryl methyl sites for hydroxylation is 1. The summed E-state index contributed by atoms with van der Waals surface area (Å²) in [6.45, 7) is 5.81. The van der Waals surface area contributed by atoms with Crippen LogP contribution in [0.4, 0.5) is 4.39 Å². The lowest BCUT2D eigenvalue weighted by molar-refractivity contribution is 0.334. The molecule has 2 atom stereocenters. The van der Waals surface area contributed by atoms with Gasteiger partial charge in [-0.3, -0.25) is 0 Å². The molecular formula is C14H18FN3O. The summed E-state index contributed by atoms with van der Waals surface area (Å²) in [4.78, 5) is 4.35. The number of nitrogens with two attached hydrogens (primary N) is 1. The van der Waals surface area contributed by atoms with E-state index in [1.54, 1.807) is 6.07 Å². The van der Waals surface area contributed by atoms with Gasteiger partial charge in [0.15, 0.2) is 0 Å². The highest BCUT2D eigenvalue weighted by Gasteiger charge is 2.22. The summed E-state index contributed by atoms with van der Waals surface area (Å²) in [6, 6.07) is 4.46. The van der Waals surface area contributed by atoms with Gasteiger partial charge in [-0.25, -0.2) is 4.39 Å². The van der Waals surface area contributed by atoms with Crippen molar-refractivity contribution in [3.8, 4) is 11.4 Å². The molecule has 1 aromatic carbocycles. The third kappa shape index (κ3) is 2.81. The highest BCUT2D eigenvalue weighted by molar-refractivity contribution is 5.59. The Morgan fingerprint density at radius 3 is 2.79 bits per heavy atom. The molecule has 1 aromatic heterocycles. The van der Waals surface area contributed by atoms with Crippen LogP contribution in [0.15, 0.2) is 22.7 Å². The topological polar surface area (TPSA) is 64.9 Å². The minimum Gasteiger partial charge on any atom is -0.339 e. The Bertz CT molecular complexity index is 566. The average molecular weight is 263 g/mol. The molecule has 0 aliphatic carbocycles. The van der Waals surface area contributed by atoms with E-state index in [9.17, 15) is 4.39 Å². The summed E-state index contributed by atoms with van der Waals surface area (Å²) in [5.41, 5.74) is 7.45. The van der Waals surface area contributed by atoms with Crippen LogP contribution in [0.25, 0.3) is 11.4 Å². The van der Waals surface area contributed by atoms with Gasteiger partial charge in [-0.15, -0.1) is 0 Å². The SMILES string of the molecule is CCC(c1nc(-c2cc(F)ccc2C)no1)C(C)N. The van der Waals surface area contributed by atoms with Crippen LogP contribution >= 0.6 is 0 Å². The van der Waals surface area contributed by atoms with Crippen molar-refractivity contribution in [1.29, 1.82) is 0 Å². The summed E-state index contributed by atoms with van der Waals surface area (Å²) in [6.07, 6.45) is 0.821. The molecule has 0 amide bonds. The van der Waals surface area contributed by atoms with Gasteiger partial charge in [0.25, 0.3) is 0 Å². The summed E-state index contributed by atoms with van der Waals surface area (Å²) >= 11 is 0. The van der Waals surface area contributed by atoms with Crippen molar-refractivity contribution in [1.82, 2.24) is 10.1 Å². The van der Waals surface area contributed by atoms with Crippen LogP contribution in [-0.2, 0) is 0 Å². The van der Waals surface area contributed by atoms with E-state index in [1.165, 1.54) is 12.1 Å². The largest absolute Gasteiger partial charge is 0.339 e. The van der Waals surface area contributed by atoms with Crippen molar-refractivity contribution in [3.05, 3.63) is 35.5 Å². The second kappa shape index (κ2) is 5.48. The number of aromatic nitrogens is 2. The average Bonchev–Trinajstić information content (AvgIpc) is 2.82. The highest BCUT2D eigenvalue weighted by atomic mass is 19.1. The predicted molar refractivity (Wildman–Crippen MR) is 71.1 cm³/mol. The van der Waals surface area contributed by atoms with Crippen molar-refractivity contribution in [2.45, 2.75) is 39.2 Å². The number of halogens is 1. The molecule has 2 unspecified atom stereocenters. The zero-order valence-corrected chi connectivity index (χ0v) is 11.4. The molecule has 0 spiro atoms. The number of benzene rings is 1. The Morgan fingerprint density at radius 2 is 2.16 bits per heavy atom. The second-order valence-electron chi connectivity index (χ2n) is 4.79. The van der Waals surface area contributed by atoms with Crippen molar-refractivity contribution in [3.63, 3.8) is 0 Å². The number of nitrogens with zero attached hydrogens (tertiary/aromatic N) is 2.